The van der Waals surface area contributed by atoms with Crippen molar-refractivity contribution in [2.75, 3.05) is 13.2 Å². The first-order valence-electron chi connectivity index (χ1n) is 8.28. The van der Waals surface area contributed by atoms with Gasteiger partial charge in [-0.05, 0) is 24.1 Å². The fraction of sp³-hybridized carbons (Fsp3) is 0.158. The Kier molecular flexibility index (Phi) is 5.46. The highest BCUT2D eigenvalue weighted by Crippen LogP contribution is 2.19. The molecular formula is C19H17N3O5. The third-order valence-electron chi connectivity index (χ3n) is 4.05. The summed E-state index contributed by atoms with van der Waals surface area (Å²) in [6.45, 7) is -0.123. The molecule has 138 valence electrons. The number of hydrogen-bond acceptors (Lipinski definition) is 5. The van der Waals surface area contributed by atoms with Crippen LogP contribution in [-0.2, 0) is 16.0 Å². The number of benzene rings is 2. The van der Waals surface area contributed by atoms with Crippen LogP contribution in [0.15, 0.2) is 54.7 Å². The lowest BCUT2D eigenvalue weighted by atomic mass is 10.1. The van der Waals surface area contributed by atoms with E-state index in [1.54, 1.807) is 0 Å². The number of carbonyl (C=O) groups is 2. The number of aromatic nitrogens is 1. The second kappa shape index (κ2) is 8.13. The molecule has 0 fully saturated rings. The number of esters is 1. The molecule has 0 unspecified atom stereocenters. The van der Waals surface area contributed by atoms with Crippen LogP contribution in [0.25, 0.3) is 10.9 Å². The molecule has 0 bridgehead atoms. The highest BCUT2D eigenvalue weighted by Gasteiger charge is 2.21. The maximum absolute atomic E-state index is 12.0. The van der Waals surface area contributed by atoms with Crippen LogP contribution >= 0.6 is 0 Å². The van der Waals surface area contributed by atoms with Gasteiger partial charge in [-0.1, -0.05) is 30.3 Å². The maximum Gasteiger partial charge on any atom is 0.345 e. The number of carbonyl (C=O) groups excluding carboxylic acids is 2. The second-order valence-corrected chi connectivity index (χ2v) is 5.81. The number of nitro benzene ring substituents is 1. The summed E-state index contributed by atoms with van der Waals surface area (Å²) in [6, 6.07) is 13.3. The van der Waals surface area contributed by atoms with Gasteiger partial charge in [-0.25, -0.2) is 4.79 Å². The topological polar surface area (TPSA) is 114 Å². The molecule has 0 spiro atoms. The van der Waals surface area contributed by atoms with E-state index < -0.39 is 23.4 Å². The molecule has 0 radical (unpaired) electrons. The number of amides is 1. The Labute approximate surface area is 154 Å². The van der Waals surface area contributed by atoms with Crippen LogP contribution in [0.3, 0.4) is 0 Å². The zero-order chi connectivity index (χ0) is 19.2. The van der Waals surface area contributed by atoms with Crippen molar-refractivity contribution in [1.82, 2.24) is 10.3 Å². The fourth-order valence-corrected chi connectivity index (χ4v) is 2.74. The number of para-hydroxylation sites is 2. The summed E-state index contributed by atoms with van der Waals surface area (Å²) in [4.78, 5) is 37.3. The fourth-order valence-electron chi connectivity index (χ4n) is 2.74. The predicted octanol–water partition coefficient (Wildman–Crippen LogP) is 2.59. The zero-order valence-corrected chi connectivity index (χ0v) is 14.3. The largest absolute Gasteiger partial charge is 0.452 e. The van der Waals surface area contributed by atoms with E-state index in [9.17, 15) is 19.7 Å². The van der Waals surface area contributed by atoms with Crippen molar-refractivity contribution in [3.8, 4) is 0 Å². The average molecular weight is 367 g/mol. The van der Waals surface area contributed by atoms with Gasteiger partial charge in [0.05, 0.1) is 4.92 Å². The van der Waals surface area contributed by atoms with Crippen LogP contribution in [-0.4, -0.2) is 34.9 Å². The molecule has 1 amide bonds. The number of ether oxygens (including phenoxy) is 1. The van der Waals surface area contributed by atoms with Crippen LogP contribution < -0.4 is 5.32 Å². The summed E-state index contributed by atoms with van der Waals surface area (Å²) in [5.74, 6) is -1.38. The van der Waals surface area contributed by atoms with Crippen LogP contribution in [0, 0.1) is 10.1 Å². The third-order valence-corrected chi connectivity index (χ3v) is 4.05. The molecule has 1 heterocycles. The number of nitrogens with zero attached hydrogens (tertiary/aromatic N) is 1. The summed E-state index contributed by atoms with van der Waals surface area (Å²) in [5.41, 5.74) is 1.55. The number of hydrogen-bond donors (Lipinski definition) is 2. The molecule has 8 nitrogen and oxygen atoms in total. The lowest BCUT2D eigenvalue weighted by molar-refractivity contribution is -0.385. The minimum Gasteiger partial charge on any atom is -0.452 e. The zero-order valence-electron chi connectivity index (χ0n) is 14.3. The van der Waals surface area contributed by atoms with E-state index in [-0.39, 0.29) is 11.3 Å². The van der Waals surface area contributed by atoms with E-state index in [0.29, 0.717) is 13.0 Å². The molecule has 8 heteroatoms. The Morgan fingerprint density at radius 1 is 1.11 bits per heavy atom. The van der Waals surface area contributed by atoms with Crippen molar-refractivity contribution < 1.29 is 19.2 Å². The molecule has 27 heavy (non-hydrogen) atoms. The van der Waals surface area contributed by atoms with Gasteiger partial charge in [0.15, 0.2) is 6.61 Å². The first-order chi connectivity index (χ1) is 13.1. The quantitative estimate of drug-likeness (QED) is 0.378. The highest BCUT2D eigenvalue weighted by atomic mass is 16.6. The molecule has 2 aromatic carbocycles. The lowest BCUT2D eigenvalue weighted by Crippen LogP contribution is -2.30. The summed E-state index contributed by atoms with van der Waals surface area (Å²) in [6.07, 6.45) is 2.51. The van der Waals surface area contributed by atoms with Gasteiger partial charge in [-0.2, -0.15) is 0 Å². The van der Waals surface area contributed by atoms with Crippen molar-refractivity contribution in [3.05, 3.63) is 76.0 Å². The number of nitro groups is 1. The van der Waals surface area contributed by atoms with Gasteiger partial charge in [0.2, 0.25) is 0 Å². The second-order valence-electron chi connectivity index (χ2n) is 5.81. The van der Waals surface area contributed by atoms with Gasteiger partial charge in [-0.15, -0.1) is 0 Å². The van der Waals surface area contributed by atoms with Crippen molar-refractivity contribution in [1.29, 1.82) is 0 Å². The van der Waals surface area contributed by atoms with E-state index in [2.05, 4.69) is 10.3 Å². The van der Waals surface area contributed by atoms with Gasteiger partial charge in [0, 0.05) is 29.7 Å². The Morgan fingerprint density at radius 2 is 1.85 bits per heavy atom. The molecule has 1 aromatic heterocycles. The van der Waals surface area contributed by atoms with E-state index >= 15 is 0 Å². The Bertz CT molecular complexity index is 996. The van der Waals surface area contributed by atoms with Gasteiger partial charge in [0.1, 0.15) is 5.56 Å². The Balaban J connectivity index is 1.49. The molecular weight excluding hydrogens is 350 g/mol. The van der Waals surface area contributed by atoms with E-state index in [4.69, 9.17) is 4.74 Å². The number of rotatable bonds is 7. The van der Waals surface area contributed by atoms with Crippen molar-refractivity contribution >= 4 is 28.5 Å². The Morgan fingerprint density at radius 3 is 2.67 bits per heavy atom. The molecule has 3 aromatic rings. The van der Waals surface area contributed by atoms with Crippen molar-refractivity contribution in [3.63, 3.8) is 0 Å². The first-order valence-corrected chi connectivity index (χ1v) is 8.28. The summed E-state index contributed by atoms with van der Waals surface area (Å²) in [7, 11) is 0. The lowest BCUT2D eigenvalue weighted by Gasteiger charge is -2.07. The maximum atomic E-state index is 12.0. The van der Waals surface area contributed by atoms with Gasteiger partial charge < -0.3 is 15.0 Å². The number of aromatic amines is 1. The summed E-state index contributed by atoms with van der Waals surface area (Å²) in [5, 5.41) is 14.7. The van der Waals surface area contributed by atoms with Gasteiger partial charge in [0.25, 0.3) is 11.6 Å². The van der Waals surface area contributed by atoms with Crippen molar-refractivity contribution in [2.24, 2.45) is 0 Å². The van der Waals surface area contributed by atoms with Crippen LogP contribution in [0.1, 0.15) is 15.9 Å². The third kappa shape index (κ3) is 4.30. The Hall–Kier alpha value is -3.68. The monoisotopic (exact) mass is 367 g/mol. The van der Waals surface area contributed by atoms with Crippen LogP contribution in [0.4, 0.5) is 5.69 Å². The van der Waals surface area contributed by atoms with Crippen LogP contribution in [0.5, 0.6) is 0 Å². The van der Waals surface area contributed by atoms with Crippen molar-refractivity contribution in [2.45, 2.75) is 6.42 Å². The minimum absolute atomic E-state index is 0.186. The molecule has 0 aliphatic rings. The number of fused-ring (bicyclic) bond motifs is 1. The SMILES string of the molecule is O=C(COC(=O)c1ccccc1[N+](=O)[O-])NCCc1c[nH]c2ccccc12. The molecule has 0 aliphatic heterocycles. The molecule has 2 N–H and O–H groups in total. The average Bonchev–Trinajstić information content (AvgIpc) is 3.09. The standard InChI is InChI=1S/C19H17N3O5/c23-18(12-27-19(24)15-6-2-4-8-17(15)22(25)26)20-10-9-13-11-21-16-7-3-1-5-14(13)16/h1-8,11,21H,9-10,12H2,(H,20,23). The number of nitrogens with one attached hydrogen (secondary N) is 2. The molecule has 0 saturated carbocycles. The highest BCUT2D eigenvalue weighted by molar-refractivity contribution is 5.95. The first kappa shape index (κ1) is 18.1. The molecule has 0 aliphatic carbocycles. The normalized spacial score (nSPS) is 10.5. The summed E-state index contributed by atoms with van der Waals surface area (Å²) < 4.78 is 4.88. The molecule has 0 saturated heterocycles. The van der Waals surface area contributed by atoms with E-state index in [1.165, 1.54) is 24.3 Å². The molecule has 0 atom stereocenters. The van der Waals surface area contributed by atoms with E-state index in [1.807, 2.05) is 30.5 Å². The number of H-pyrrole nitrogens is 1. The predicted molar refractivity (Wildman–Crippen MR) is 98.4 cm³/mol. The van der Waals surface area contributed by atoms with Gasteiger partial charge in [-0.3, -0.25) is 14.9 Å². The van der Waals surface area contributed by atoms with Crippen LogP contribution in [0.2, 0.25) is 0 Å². The summed E-state index contributed by atoms with van der Waals surface area (Å²) >= 11 is 0. The molecule has 3 rings (SSSR count). The minimum atomic E-state index is -0.908. The smallest absolute Gasteiger partial charge is 0.345 e. The van der Waals surface area contributed by atoms with E-state index in [0.717, 1.165) is 16.5 Å². The van der Waals surface area contributed by atoms with Gasteiger partial charge >= 0.3 is 5.97 Å².